The SMILES string of the molecule is CCCCCCCC1SC1CCCCCCCCCC(=O)OC. The standard InChI is InChI=1S/C20H38O2S/c1-3-4-5-9-12-15-18-19(23-18)16-13-10-7-6-8-11-14-17-20(21)22-2/h18-19H,3-17H2,1-2H3. The summed E-state index contributed by atoms with van der Waals surface area (Å²) in [6.07, 6.45) is 19.6. The highest BCUT2D eigenvalue weighted by atomic mass is 32.2. The van der Waals surface area contributed by atoms with Gasteiger partial charge in [-0.1, -0.05) is 77.6 Å². The molecule has 0 amide bonds. The van der Waals surface area contributed by atoms with Crippen molar-refractivity contribution in [2.45, 2.75) is 114 Å². The van der Waals surface area contributed by atoms with E-state index in [1.165, 1.54) is 90.6 Å². The van der Waals surface area contributed by atoms with Crippen LogP contribution in [-0.4, -0.2) is 23.6 Å². The second-order valence-electron chi connectivity index (χ2n) is 7.01. The number of hydrogen-bond acceptors (Lipinski definition) is 3. The second-order valence-corrected chi connectivity index (χ2v) is 8.49. The van der Waals surface area contributed by atoms with E-state index >= 15 is 0 Å². The van der Waals surface area contributed by atoms with E-state index in [2.05, 4.69) is 23.4 Å². The number of ether oxygens (including phenoxy) is 1. The molecule has 0 spiro atoms. The number of rotatable bonds is 16. The van der Waals surface area contributed by atoms with Crippen LogP contribution in [0.1, 0.15) is 103 Å². The van der Waals surface area contributed by atoms with Gasteiger partial charge in [0.15, 0.2) is 0 Å². The molecule has 23 heavy (non-hydrogen) atoms. The predicted octanol–water partition coefficient (Wildman–Crippen LogP) is 6.51. The number of carbonyl (C=O) groups is 1. The van der Waals surface area contributed by atoms with Crippen molar-refractivity contribution >= 4 is 17.7 Å². The van der Waals surface area contributed by atoms with Gasteiger partial charge in [0.1, 0.15) is 0 Å². The first-order valence-electron chi connectivity index (χ1n) is 10.00. The van der Waals surface area contributed by atoms with Crippen molar-refractivity contribution in [3.05, 3.63) is 0 Å². The number of unbranched alkanes of at least 4 members (excludes halogenated alkanes) is 10. The fraction of sp³-hybridized carbons (Fsp3) is 0.950. The number of thioether (sulfide) groups is 1. The Morgan fingerprint density at radius 1 is 0.783 bits per heavy atom. The molecule has 0 aromatic rings. The molecule has 1 aliphatic heterocycles. The Labute approximate surface area is 148 Å². The van der Waals surface area contributed by atoms with E-state index in [1.807, 2.05) is 0 Å². The first-order chi connectivity index (χ1) is 11.3. The van der Waals surface area contributed by atoms with Crippen LogP contribution < -0.4 is 0 Å². The zero-order chi connectivity index (χ0) is 16.8. The highest BCUT2D eigenvalue weighted by molar-refractivity contribution is 8.07. The van der Waals surface area contributed by atoms with Gasteiger partial charge in [-0.15, -0.1) is 0 Å². The molecule has 1 heterocycles. The second kappa shape index (κ2) is 14.2. The molecule has 0 radical (unpaired) electrons. The van der Waals surface area contributed by atoms with Gasteiger partial charge in [-0.2, -0.15) is 11.8 Å². The van der Waals surface area contributed by atoms with Crippen molar-refractivity contribution in [3.63, 3.8) is 0 Å². The van der Waals surface area contributed by atoms with Crippen molar-refractivity contribution in [2.24, 2.45) is 0 Å². The molecule has 3 heteroatoms. The Hall–Kier alpha value is -0.180. The molecule has 2 nitrogen and oxygen atoms in total. The molecule has 0 bridgehead atoms. The van der Waals surface area contributed by atoms with Crippen LogP contribution in [0.25, 0.3) is 0 Å². The molecule has 0 aliphatic carbocycles. The first-order valence-corrected chi connectivity index (χ1v) is 10.9. The lowest BCUT2D eigenvalue weighted by Crippen LogP contribution is -1.99. The highest BCUT2D eigenvalue weighted by Crippen LogP contribution is 2.47. The van der Waals surface area contributed by atoms with E-state index < -0.39 is 0 Å². The van der Waals surface area contributed by atoms with Crippen LogP contribution in [0.2, 0.25) is 0 Å². The predicted molar refractivity (Wildman–Crippen MR) is 102 cm³/mol. The third kappa shape index (κ3) is 11.9. The van der Waals surface area contributed by atoms with Gasteiger partial charge in [0.2, 0.25) is 0 Å². The summed E-state index contributed by atoms with van der Waals surface area (Å²) < 4.78 is 4.65. The first kappa shape index (κ1) is 20.9. The van der Waals surface area contributed by atoms with E-state index in [4.69, 9.17) is 0 Å². The minimum atomic E-state index is -0.0631. The summed E-state index contributed by atoms with van der Waals surface area (Å²) in [7, 11) is 1.47. The molecular formula is C20H38O2S. The van der Waals surface area contributed by atoms with Crippen molar-refractivity contribution < 1.29 is 9.53 Å². The quantitative estimate of drug-likeness (QED) is 0.181. The maximum Gasteiger partial charge on any atom is 0.305 e. The fourth-order valence-corrected chi connectivity index (χ4v) is 4.47. The minimum absolute atomic E-state index is 0.0631. The smallest absolute Gasteiger partial charge is 0.305 e. The lowest BCUT2D eigenvalue weighted by atomic mass is 10.0. The zero-order valence-electron chi connectivity index (χ0n) is 15.5. The normalized spacial score (nSPS) is 19.7. The molecule has 2 atom stereocenters. The van der Waals surface area contributed by atoms with Gasteiger partial charge < -0.3 is 4.74 Å². The van der Waals surface area contributed by atoms with Crippen LogP contribution in [0.5, 0.6) is 0 Å². The monoisotopic (exact) mass is 342 g/mol. The molecule has 1 fully saturated rings. The van der Waals surface area contributed by atoms with Gasteiger partial charge >= 0.3 is 5.97 Å². The van der Waals surface area contributed by atoms with Gasteiger partial charge in [-0.25, -0.2) is 0 Å². The summed E-state index contributed by atoms with van der Waals surface area (Å²) >= 11 is 2.24. The van der Waals surface area contributed by atoms with Crippen molar-refractivity contribution in [3.8, 4) is 0 Å². The summed E-state index contributed by atoms with van der Waals surface area (Å²) in [6.45, 7) is 2.29. The number of methoxy groups -OCH3 is 1. The third-order valence-electron chi connectivity index (χ3n) is 4.88. The van der Waals surface area contributed by atoms with E-state index in [0.29, 0.717) is 6.42 Å². The van der Waals surface area contributed by atoms with Crippen molar-refractivity contribution in [1.82, 2.24) is 0 Å². The van der Waals surface area contributed by atoms with Crippen LogP contribution in [0.3, 0.4) is 0 Å². The maximum absolute atomic E-state index is 11.0. The summed E-state index contributed by atoms with van der Waals surface area (Å²) in [5, 5.41) is 2.01. The summed E-state index contributed by atoms with van der Waals surface area (Å²) in [6, 6.07) is 0. The number of carbonyl (C=O) groups excluding carboxylic acids is 1. The molecule has 2 unspecified atom stereocenters. The lowest BCUT2D eigenvalue weighted by Gasteiger charge is -2.02. The molecule has 136 valence electrons. The third-order valence-corrected chi connectivity index (χ3v) is 6.39. The van der Waals surface area contributed by atoms with Gasteiger partial charge in [0.25, 0.3) is 0 Å². The Bertz CT molecular complexity index is 293. The summed E-state index contributed by atoms with van der Waals surface area (Å²) in [5.41, 5.74) is 0. The maximum atomic E-state index is 11.0. The molecule has 0 aromatic carbocycles. The van der Waals surface area contributed by atoms with Gasteiger partial charge in [-0.3, -0.25) is 4.79 Å². The molecule has 1 rings (SSSR count). The van der Waals surface area contributed by atoms with Crippen LogP contribution in [0, 0.1) is 0 Å². The van der Waals surface area contributed by atoms with Crippen LogP contribution in [0.4, 0.5) is 0 Å². The van der Waals surface area contributed by atoms with Gasteiger partial charge in [0, 0.05) is 16.9 Å². The zero-order valence-corrected chi connectivity index (χ0v) is 16.3. The average Bonchev–Trinajstić information content (AvgIpc) is 3.31. The Kier molecular flexibility index (Phi) is 12.9. The van der Waals surface area contributed by atoms with E-state index in [1.54, 1.807) is 0 Å². The van der Waals surface area contributed by atoms with Crippen molar-refractivity contribution in [2.75, 3.05) is 7.11 Å². The Morgan fingerprint density at radius 2 is 1.26 bits per heavy atom. The van der Waals surface area contributed by atoms with E-state index in [-0.39, 0.29) is 5.97 Å². The number of esters is 1. The lowest BCUT2D eigenvalue weighted by molar-refractivity contribution is -0.140. The Morgan fingerprint density at radius 3 is 1.78 bits per heavy atom. The molecule has 0 aromatic heterocycles. The average molecular weight is 343 g/mol. The topological polar surface area (TPSA) is 26.3 Å². The molecule has 1 aliphatic rings. The summed E-state index contributed by atoms with van der Waals surface area (Å²) in [4.78, 5) is 11.0. The minimum Gasteiger partial charge on any atom is -0.469 e. The largest absolute Gasteiger partial charge is 0.469 e. The van der Waals surface area contributed by atoms with Crippen LogP contribution in [-0.2, 0) is 9.53 Å². The van der Waals surface area contributed by atoms with E-state index in [9.17, 15) is 4.79 Å². The fourth-order valence-electron chi connectivity index (χ4n) is 3.24. The molecular weight excluding hydrogens is 304 g/mol. The van der Waals surface area contributed by atoms with Crippen LogP contribution in [0.15, 0.2) is 0 Å². The van der Waals surface area contributed by atoms with Crippen molar-refractivity contribution in [1.29, 1.82) is 0 Å². The van der Waals surface area contributed by atoms with Crippen LogP contribution >= 0.6 is 11.8 Å². The van der Waals surface area contributed by atoms with Gasteiger partial charge in [-0.05, 0) is 19.3 Å². The number of hydrogen-bond donors (Lipinski definition) is 0. The molecule has 1 saturated heterocycles. The summed E-state index contributed by atoms with van der Waals surface area (Å²) in [5.74, 6) is -0.0631. The highest BCUT2D eigenvalue weighted by Gasteiger charge is 2.36. The van der Waals surface area contributed by atoms with Gasteiger partial charge in [0.05, 0.1) is 7.11 Å². The van der Waals surface area contributed by atoms with E-state index in [0.717, 1.165) is 16.9 Å². The Balaban J connectivity index is 1.75. The molecule has 0 N–H and O–H groups in total. The molecule has 0 saturated carbocycles.